The van der Waals surface area contributed by atoms with Gasteiger partial charge in [-0.1, -0.05) is 0 Å². The van der Waals surface area contributed by atoms with Gasteiger partial charge in [0.25, 0.3) is 5.91 Å². The average molecular weight is 182 g/mol. The Morgan fingerprint density at radius 1 is 1.54 bits per heavy atom. The lowest BCUT2D eigenvalue weighted by atomic mass is 10.1. The molecule has 0 aliphatic heterocycles. The molecule has 4 heteroatoms. The van der Waals surface area contributed by atoms with Crippen LogP contribution in [0.5, 0.6) is 0 Å². The molecule has 4 nitrogen and oxygen atoms in total. The number of aromatic nitrogens is 1. The van der Waals surface area contributed by atoms with Crippen LogP contribution < -0.4 is 5.32 Å². The molecule has 72 valence electrons. The standard InChI is InChI=1S/C9H14N2O2/c1-6-10-7(5-13-6)8(12)11-9(2,3)4/h5H,1-4H3,(H,11,12). The van der Waals surface area contributed by atoms with Gasteiger partial charge in [-0.2, -0.15) is 0 Å². The monoisotopic (exact) mass is 182 g/mol. The minimum absolute atomic E-state index is 0.204. The summed E-state index contributed by atoms with van der Waals surface area (Å²) in [7, 11) is 0. The van der Waals surface area contributed by atoms with Crippen LogP contribution >= 0.6 is 0 Å². The first-order valence-corrected chi connectivity index (χ1v) is 4.13. The first kappa shape index (κ1) is 9.77. The number of hydrogen-bond donors (Lipinski definition) is 1. The van der Waals surface area contributed by atoms with E-state index in [1.165, 1.54) is 6.26 Å². The summed E-state index contributed by atoms with van der Waals surface area (Å²) in [4.78, 5) is 15.4. The second-order valence-corrected chi connectivity index (χ2v) is 3.96. The van der Waals surface area contributed by atoms with Gasteiger partial charge in [0.2, 0.25) is 0 Å². The highest BCUT2D eigenvalue weighted by atomic mass is 16.3. The van der Waals surface area contributed by atoms with E-state index in [9.17, 15) is 4.79 Å². The lowest BCUT2D eigenvalue weighted by molar-refractivity contribution is 0.0914. The SMILES string of the molecule is Cc1nc(C(=O)NC(C)(C)C)co1. The molecule has 1 rings (SSSR count). The van der Waals surface area contributed by atoms with Gasteiger partial charge in [0.1, 0.15) is 6.26 Å². The molecule has 0 unspecified atom stereocenters. The molecule has 0 aromatic carbocycles. The van der Waals surface area contributed by atoms with Crippen LogP contribution in [0.15, 0.2) is 10.7 Å². The quantitative estimate of drug-likeness (QED) is 0.716. The highest BCUT2D eigenvalue weighted by Crippen LogP contribution is 2.04. The van der Waals surface area contributed by atoms with E-state index < -0.39 is 0 Å². The number of carbonyl (C=O) groups is 1. The van der Waals surface area contributed by atoms with E-state index in [-0.39, 0.29) is 11.4 Å². The Morgan fingerprint density at radius 2 is 2.15 bits per heavy atom. The van der Waals surface area contributed by atoms with Crippen molar-refractivity contribution in [2.75, 3.05) is 0 Å². The molecule has 1 heterocycles. The zero-order valence-electron chi connectivity index (χ0n) is 8.34. The lowest BCUT2D eigenvalue weighted by Gasteiger charge is -2.19. The van der Waals surface area contributed by atoms with Crippen LogP contribution in [0.3, 0.4) is 0 Å². The van der Waals surface area contributed by atoms with Gasteiger partial charge in [0.15, 0.2) is 11.6 Å². The predicted molar refractivity (Wildman–Crippen MR) is 48.5 cm³/mol. The number of aryl methyl sites for hydroxylation is 1. The molecule has 13 heavy (non-hydrogen) atoms. The van der Waals surface area contributed by atoms with Crippen LogP contribution in [0.2, 0.25) is 0 Å². The molecule has 1 amide bonds. The second-order valence-electron chi connectivity index (χ2n) is 3.96. The fourth-order valence-corrected chi connectivity index (χ4v) is 0.872. The zero-order chi connectivity index (χ0) is 10.1. The topological polar surface area (TPSA) is 55.1 Å². The zero-order valence-corrected chi connectivity index (χ0v) is 8.34. The van der Waals surface area contributed by atoms with Crippen molar-refractivity contribution in [3.63, 3.8) is 0 Å². The van der Waals surface area contributed by atoms with Crippen molar-refractivity contribution in [1.82, 2.24) is 10.3 Å². The van der Waals surface area contributed by atoms with Gasteiger partial charge in [-0.25, -0.2) is 4.98 Å². The molecular formula is C9H14N2O2. The molecule has 0 radical (unpaired) electrons. The number of carbonyl (C=O) groups excluding carboxylic acids is 1. The number of rotatable bonds is 1. The number of nitrogens with zero attached hydrogens (tertiary/aromatic N) is 1. The third-order valence-corrected chi connectivity index (χ3v) is 1.34. The Hall–Kier alpha value is -1.32. The van der Waals surface area contributed by atoms with Crippen molar-refractivity contribution in [3.05, 3.63) is 17.8 Å². The van der Waals surface area contributed by atoms with Gasteiger partial charge in [-0.05, 0) is 20.8 Å². The Balaban J connectivity index is 2.70. The molecule has 0 saturated heterocycles. The normalized spacial score (nSPS) is 11.4. The summed E-state index contributed by atoms with van der Waals surface area (Å²) >= 11 is 0. The number of oxazole rings is 1. The summed E-state index contributed by atoms with van der Waals surface area (Å²) in [6, 6.07) is 0. The first-order valence-electron chi connectivity index (χ1n) is 4.13. The smallest absolute Gasteiger partial charge is 0.273 e. The number of amides is 1. The minimum Gasteiger partial charge on any atom is -0.448 e. The predicted octanol–water partition coefficient (Wildman–Crippen LogP) is 1.51. The molecule has 0 saturated carbocycles. The maximum absolute atomic E-state index is 11.4. The summed E-state index contributed by atoms with van der Waals surface area (Å²) in [5, 5.41) is 2.79. The van der Waals surface area contributed by atoms with Crippen molar-refractivity contribution < 1.29 is 9.21 Å². The summed E-state index contributed by atoms with van der Waals surface area (Å²) in [5.74, 6) is 0.295. The summed E-state index contributed by atoms with van der Waals surface area (Å²) in [6.07, 6.45) is 1.36. The molecule has 0 atom stereocenters. The van der Waals surface area contributed by atoms with Gasteiger partial charge < -0.3 is 9.73 Å². The molecule has 1 aromatic heterocycles. The van der Waals surface area contributed by atoms with Gasteiger partial charge in [0, 0.05) is 12.5 Å². The van der Waals surface area contributed by atoms with Gasteiger partial charge in [0.05, 0.1) is 0 Å². The van der Waals surface area contributed by atoms with Crippen molar-refractivity contribution >= 4 is 5.91 Å². The number of nitrogens with one attached hydrogen (secondary N) is 1. The van der Waals surface area contributed by atoms with E-state index >= 15 is 0 Å². The van der Waals surface area contributed by atoms with E-state index in [4.69, 9.17) is 4.42 Å². The van der Waals surface area contributed by atoms with Crippen molar-refractivity contribution in [1.29, 1.82) is 0 Å². The number of hydrogen-bond acceptors (Lipinski definition) is 3. The Labute approximate surface area is 77.3 Å². The van der Waals surface area contributed by atoms with Crippen LogP contribution in [0.25, 0.3) is 0 Å². The van der Waals surface area contributed by atoms with E-state index in [1.54, 1.807) is 6.92 Å². The van der Waals surface area contributed by atoms with Crippen LogP contribution in [0.1, 0.15) is 37.2 Å². The fourth-order valence-electron chi connectivity index (χ4n) is 0.872. The van der Waals surface area contributed by atoms with E-state index in [0.29, 0.717) is 11.6 Å². The maximum atomic E-state index is 11.4. The van der Waals surface area contributed by atoms with E-state index in [2.05, 4.69) is 10.3 Å². The van der Waals surface area contributed by atoms with Crippen LogP contribution in [0.4, 0.5) is 0 Å². The van der Waals surface area contributed by atoms with Crippen molar-refractivity contribution in [2.24, 2.45) is 0 Å². The van der Waals surface area contributed by atoms with Gasteiger partial charge in [-0.3, -0.25) is 4.79 Å². The fraction of sp³-hybridized carbons (Fsp3) is 0.556. The molecular weight excluding hydrogens is 168 g/mol. The molecule has 0 aliphatic rings. The largest absolute Gasteiger partial charge is 0.448 e. The average Bonchev–Trinajstić information content (AvgIpc) is 2.31. The Morgan fingerprint density at radius 3 is 2.54 bits per heavy atom. The van der Waals surface area contributed by atoms with Crippen LogP contribution in [-0.2, 0) is 0 Å². The van der Waals surface area contributed by atoms with Gasteiger partial charge in [-0.15, -0.1) is 0 Å². The Bertz CT molecular complexity index is 310. The highest BCUT2D eigenvalue weighted by molar-refractivity contribution is 5.92. The summed E-state index contributed by atoms with van der Waals surface area (Å²) < 4.78 is 4.93. The van der Waals surface area contributed by atoms with Crippen LogP contribution in [-0.4, -0.2) is 16.4 Å². The summed E-state index contributed by atoms with van der Waals surface area (Å²) in [6.45, 7) is 7.45. The third-order valence-electron chi connectivity index (χ3n) is 1.34. The first-order chi connectivity index (χ1) is 5.88. The van der Waals surface area contributed by atoms with Crippen molar-refractivity contribution in [2.45, 2.75) is 33.2 Å². The van der Waals surface area contributed by atoms with Crippen LogP contribution in [0, 0.1) is 6.92 Å². The molecule has 1 N–H and O–H groups in total. The summed E-state index contributed by atoms with van der Waals surface area (Å²) in [5.41, 5.74) is 0.0802. The highest BCUT2D eigenvalue weighted by Gasteiger charge is 2.17. The molecule has 0 spiro atoms. The molecule has 1 aromatic rings. The lowest BCUT2D eigenvalue weighted by Crippen LogP contribution is -2.40. The molecule has 0 bridgehead atoms. The third kappa shape index (κ3) is 2.89. The van der Waals surface area contributed by atoms with Crippen molar-refractivity contribution in [3.8, 4) is 0 Å². The van der Waals surface area contributed by atoms with Gasteiger partial charge >= 0.3 is 0 Å². The molecule has 0 aliphatic carbocycles. The Kier molecular flexibility index (Phi) is 2.40. The van der Waals surface area contributed by atoms with E-state index in [1.807, 2.05) is 20.8 Å². The second kappa shape index (κ2) is 3.20. The molecule has 0 fully saturated rings. The van der Waals surface area contributed by atoms with E-state index in [0.717, 1.165) is 0 Å². The minimum atomic E-state index is -0.246. The maximum Gasteiger partial charge on any atom is 0.273 e.